The second kappa shape index (κ2) is 7.89. The van der Waals surface area contributed by atoms with Gasteiger partial charge in [-0.25, -0.2) is 0 Å². The van der Waals surface area contributed by atoms with Gasteiger partial charge in [-0.1, -0.05) is 6.92 Å². The van der Waals surface area contributed by atoms with Crippen LogP contribution in [0.2, 0.25) is 0 Å². The lowest BCUT2D eigenvalue weighted by molar-refractivity contribution is -0.193. The molecule has 5 nitrogen and oxygen atoms in total. The maximum Gasteiger partial charge on any atom is 0.189 e. The van der Waals surface area contributed by atoms with Gasteiger partial charge in [0.05, 0.1) is 16.4 Å². The van der Waals surface area contributed by atoms with Crippen molar-refractivity contribution in [2.45, 2.75) is 46.1 Å². The molecule has 0 saturated carbocycles. The Morgan fingerprint density at radius 2 is 1.94 bits per heavy atom. The van der Waals surface area contributed by atoms with E-state index in [-0.39, 0.29) is 0 Å². The number of halogens is 1. The Morgan fingerprint density at radius 3 is 2.44 bits per heavy atom. The summed E-state index contributed by atoms with van der Waals surface area (Å²) in [6, 6.07) is 0. The zero-order valence-corrected chi connectivity index (χ0v) is 12.7. The average Bonchev–Trinajstić information content (AvgIpc) is 2.70. The van der Waals surface area contributed by atoms with Gasteiger partial charge in [0.2, 0.25) is 0 Å². The second-order valence-corrected chi connectivity index (χ2v) is 4.68. The summed E-state index contributed by atoms with van der Waals surface area (Å²) in [5, 5.41) is 14.6. The van der Waals surface area contributed by atoms with Crippen LogP contribution in [0, 0.1) is 0 Å². The van der Waals surface area contributed by atoms with Crippen molar-refractivity contribution in [3.63, 3.8) is 0 Å². The molecule has 0 aliphatic rings. The summed E-state index contributed by atoms with van der Waals surface area (Å²) < 4.78 is 13.4. The molecule has 1 rings (SSSR count). The van der Waals surface area contributed by atoms with Crippen LogP contribution in [0.3, 0.4) is 0 Å². The van der Waals surface area contributed by atoms with Crippen LogP contribution < -0.4 is 0 Å². The van der Waals surface area contributed by atoms with Gasteiger partial charge in [0.1, 0.15) is 6.10 Å². The lowest BCUT2D eigenvalue weighted by Gasteiger charge is -2.23. The van der Waals surface area contributed by atoms with E-state index in [1.54, 1.807) is 10.9 Å². The number of nitrogens with zero attached hydrogens (tertiary/aromatic N) is 2. The first-order valence-electron chi connectivity index (χ1n) is 6.28. The van der Waals surface area contributed by atoms with Gasteiger partial charge in [0.15, 0.2) is 6.29 Å². The van der Waals surface area contributed by atoms with E-state index in [1.807, 2.05) is 13.8 Å². The summed E-state index contributed by atoms with van der Waals surface area (Å²) in [4.78, 5) is 0. The van der Waals surface area contributed by atoms with Crippen LogP contribution in [0.25, 0.3) is 0 Å². The quantitative estimate of drug-likeness (QED) is 0.748. The second-order valence-electron chi connectivity index (χ2n) is 3.82. The molecular weight excluding hydrogens is 300 g/mol. The van der Waals surface area contributed by atoms with Crippen LogP contribution in [-0.4, -0.2) is 34.4 Å². The number of hydrogen-bond acceptors (Lipinski definition) is 4. The molecule has 1 heterocycles. The summed E-state index contributed by atoms with van der Waals surface area (Å²) in [5.74, 6) is 0. The molecule has 0 aromatic carbocycles. The fraction of sp³-hybridized carbons (Fsp3) is 0.750. The molecule has 1 unspecified atom stereocenters. The number of hydrogen-bond donors (Lipinski definition) is 1. The number of ether oxygens (including phenoxy) is 2. The number of aromatic nitrogens is 2. The molecule has 0 saturated heterocycles. The predicted octanol–water partition coefficient (Wildman–Crippen LogP) is 2.49. The third kappa shape index (κ3) is 3.78. The molecule has 1 aromatic heterocycles. The number of aliphatic hydroxyl groups excluding tert-OH is 1. The minimum absolute atomic E-state index is 0.487. The molecule has 0 aliphatic heterocycles. The van der Waals surface area contributed by atoms with Crippen molar-refractivity contribution in [3.05, 3.63) is 16.4 Å². The third-order valence-electron chi connectivity index (χ3n) is 2.47. The molecule has 0 radical (unpaired) electrons. The first kappa shape index (κ1) is 15.6. The highest BCUT2D eigenvalue weighted by Crippen LogP contribution is 2.27. The van der Waals surface area contributed by atoms with Crippen LogP contribution in [0.1, 0.15) is 39.0 Å². The van der Waals surface area contributed by atoms with Crippen molar-refractivity contribution in [1.29, 1.82) is 0 Å². The van der Waals surface area contributed by atoms with E-state index in [2.05, 4.69) is 28.0 Å². The van der Waals surface area contributed by atoms with E-state index in [9.17, 15) is 5.11 Å². The van der Waals surface area contributed by atoms with Gasteiger partial charge >= 0.3 is 0 Å². The van der Waals surface area contributed by atoms with Crippen LogP contribution in [0.4, 0.5) is 0 Å². The Balaban J connectivity index is 2.91. The number of aryl methyl sites for hydroxylation is 1. The largest absolute Gasteiger partial charge is 0.381 e. The number of aliphatic hydroxyl groups is 1. The average molecular weight is 321 g/mol. The zero-order valence-electron chi connectivity index (χ0n) is 11.1. The molecule has 0 fully saturated rings. The Hall–Kier alpha value is -0.430. The Kier molecular flexibility index (Phi) is 6.85. The first-order chi connectivity index (χ1) is 8.65. The smallest absolute Gasteiger partial charge is 0.189 e. The fourth-order valence-electron chi connectivity index (χ4n) is 1.74. The first-order valence-corrected chi connectivity index (χ1v) is 7.07. The zero-order chi connectivity index (χ0) is 13.5. The summed E-state index contributed by atoms with van der Waals surface area (Å²) in [6.07, 6.45) is 1.11. The molecule has 0 amide bonds. The molecule has 1 N–H and O–H groups in total. The minimum atomic E-state index is -0.853. The highest BCUT2D eigenvalue weighted by Gasteiger charge is 2.27. The van der Waals surface area contributed by atoms with E-state index < -0.39 is 12.4 Å². The monoisotopic (exact) mass is 320 g/mol. The van der Waals surface area contributed by atoms with Gasteiger partial charge in [-0.15, -0.1) is 0 Å². The molecule has 104 valence electrons. The van der Waals surface area contributed by atoms with E-state index in [0.29, 0.717) is 18.9 Å². The van der Waals surface area contributed by atoms with Gasteiger partial charge in [0.25, 0.3) is 0 Å². The van der Waals surface area contributed by atoms with Crippen molar-refractivity contribution >= 4 is 15.9 Å². The van der Waals surface area contributed by atoms with E-state index in [0.717, 1.165) is 17.4 Å². The lowest BCUT2D eigenvalue weighted by atomic mass is 10.2. The topological polar surface area (TPSA) is 56.5 Å². The van der Waals surface area contributed by atoms with E-state index in [4.69, 9.17) is 9.47 Å². The van der Waals surface area contributed by atoms with Gasteiger partial charge in [-0.05, 0) is 36.2 Å². The Labute approximate surface area is 116 Å². The molecular formula is C12H21BrN2O3. The maximum atomic E-state index is 10.4. The molecule has 1 atom stereocenters. The standard InChI is InChI=1S/C12H21BrN2O3/c1-4-7-15-10(9(13)8-14-15)11(16)12(17-5-2)18-6-3/h8,11-12,16H,4-7H2,1-3H3. The van der Waals surface area contributed by atoms with Crippen LogP contribution in [0.15, 0.2) is 10.7 Å². The van der Waals surface area contributed by atoms with Crippen molar-refractivity contribution in [2.24, 2.45) is 0 Å². The van der Waals surface area contributed by atoms with E-state index in [1.165, 1.54) is 0 Å². The molecule has 0 spiro atoms. The molecule has 1 aromatic rings. The summed E-state index contributed by atoms with van der Waals surface area (Å²) in [7, 11) is 0. The Bertz CT molecular complexity index is 351. The normalized spacial score (nSPS) is 13.2. The summed E-state index contributed by atoms with van der Waals surface area (Å²) >= 11 is 3.40. The maximum absolute atomic E-state index is 10.4. The van der Waals surface area contributed by atoms with Crippen molar-refractivity contribution in [3.8, 4) is 0 Å². The Morgan fingerprint density at radius 1 is 1.33 bits per heavy atom. The fourth-order valence-corrected chi connectivity index (χ4v) is 2.27. The van der Waals surface area contributed by atoms with Gasteiger partial charge in [-0.2, -0.15) is 5.10 Å². The predicted molar refractivity (Wildman–Crippen MR) is 72.2 cm³/mol. The van der Waals surface area contributed by atoms with Gasteiger partial charge in [0, 0.05) is 19.8 Å². The van der Waals surface area contributed by atoms with Crippen molar-refractivity contribution < 1.29 is 14.6 Å². The van der Waals surface area contributed by atoms with E-state index >= 15 is 0 Å². The third-order valence-corrected chi connectivity index (χ3v) is 3.08. The SMILES string of the molecule is CCCn1ncc(Br)c1C(O)C(OCC)OCC. The lowest BCUT2D eigenvalue weighted by Crippen LogP contribution is -2.28. The van der Waals surface area contributed by atoms with Crippen molar-refractivity contribution in [2.75, 3.05) is 13.2 Å². The summed E-state index contributed by atoms with van der Waals surface area (Å²) in [5.41, 5.74) is 0.698. The van der Waals surface area contributed by atoms with Crippen molar-refractivity contribution in [1.82, 2.24) is 9.78 Å². The summed E-state index contributed by atoms with van der Waals surface area (Å²) in [6.45, 7) is 7.54. The molecule has 6 heteroatoms. The van der Waals surface area contributed by atoms with Gasteiger partial charge < -0.3 is 14.6 Å². The highest BCUT2D eigenvalue weighted by molar-refractivity contribution is 9.10. The van der Waals surface area contributed by atoms with Gasteiger partial charge in [-0.3, -0.25) is 4.68 Å². The van der Waals surface area contributed by atoms with Crippen LogP contribution >= 0.6 is 15.9 Å². The molecule has 0 aliphatic carbocycles. The molecule has 18 heavy (non-hydrogen) atoms. The van der Waals surface area contributed by atoms with Crippen LogP contribution in [0.5, 0.6) is 0 Å². The van der Waals surface area contributed by atoms with Crippen LogP contribution in [-0.2, 0) is 16.0 Å². The highest BCUT2D eigenvalue weighted by atomic mass is 79.9. The molecule has 0 bridgehead atoms. The minimum Gasteiger partial charge on any atom is -0.381 e. The number of rotatable bonds is 8.